The molecule has 32 heavy (non-hydrogen) atoms. The number of nitrogens with one attached hydrogen (secondary N) is 2. The summed E-state index contributed by atoms with van der Waals surface area (Å²) in [5.41, 5.74) is 1.25. The summed E-state index contributed by atoms with van der Waals surface area (Å²) < 4.78 is 49.5. The smallest absolute Gasteiger partial charge is 0.417 e. The van der Waals surface area contributed by atoms with Crippen molar-refractivity contribution in [2.24, 2.45) is 0 Å². The van der Waals surface area contributed by atoms with Gasteiger partial charge in [-0.3, -0.25) is 4.98 Å². The van der Waals surface area contributed by atoms with Crippen LogP contribution >= 0.6 is 11.6 Å². The number of ether oxygens (including phenoxy) is 2. The number of halogens is 4. The molecule has 0 radical (unpaired) electrons. The topological polar surface area (TPSA) is 72.5 Å². The molecule has 0 saturated heterocycles. The maximum Gasteiger partial charge on any atom is 0.417 e. The number of carbonyl (C=O) groups is 1. The summed E-state index contributed by atoms with van der Waals surface area (Å²) in [7, 11) is 3.07. The van der Waals surface area contributed by atoms with E-state index in [1.165, 1.54) is 13.2 Å². The van der Waals surface area contributed by atoms with Crippen LogP contribution in [0.15, 0.2) is 48.5 Å². The summed E-state index contributed by atoms with van der Waals surface area (Å²) in [6.07, 6.45) is -4.63. The maximum absolute atomic E-state index is 13.0. The number of alkyl halides is 3. The Labute approximate surface area is 187 Å². The highest BCUT2D eigenvalue weighted by molar-refractivity contribution is 6.31. The molecule has 3 rings (SSSR count). The fourth-order valence-electron chi connectivity index (χ4n) is 2.95. The number of benzene rings is 2. The van der Waals surface area contributed by atoms with Gasteiger partial charge in [0.1, 0.15) is 0 Å². The molecule has 0 aliphatic heterocycles. The molecule has 0 saturated carbocycles. The quantitative estimate of drug-likeness (QED) is 0.458. The molecule has 1 heterocycles. The van der Waals surface area contributed by atoms with Crippen molar-refractivity contribution >= 4 is 29.0 Å². The number of methoxy groups -OCH3 is 2. The summed E-state index contributed by atoms with van der Waals surface area (Å²) in [6, 6.07) is 11.1. The fourth-order valence-corrected chi connectivity index (χ4v) is 3.18. The number of aryl methyl sites for hydroxylation is 1. The molecule has 2 aromatic carbocycles. The van der Waals surface area contributed by atoms with Gasteiger partial charge in [-0.2, -0.15) is 13.2 Å². The van der Waals surface area contributed by atoms with Crippen molar-refractivity contribution in [3.8, 4) is 22.8 Å². The van der Waals surface area contributed by atoms with E-state index in [-0.39, 0.29) is 5.69 Å². The van der Waals surface area contributed by atoms with E-state index in [4.69, 9.17) is 21.1 Å². The lowest BCUT2D eigenvalue weighted by Crippen LogP contribution is -2.20. The van der Waals surface area contributed by atoms with Crippen molar-refractivity contribution in [3.05, 3.63) is 64.8 Å². The molecule has 10 heteroatoms. The second kappa shape index (κ2) is 9.35. The molecule has 3 aromatic rings. The average molecular weight is 466 g/mol. The van der Waals surface area contributed by atoms with Gasteiger partial charge in [-0.1, -0.05) is 11.6 Å². The van der Waals surface area contributed by atoms with Gasteiger partial charge < -0.3 is 20.1 Å². The minimum absolute atomic E-state index is 0.0493. The van der Waals surface area contributed by atoms with Crippen LogP contribution in [0.25, 0.3) is 11.3 Å². The van der Waals surface area contributed by atoms with Crippen LogP contribution in [-0.2, 0) is 6.18 Å². The highest BCUT2D eigenvalue weighted by Gasteiger charge is 2.33. The molecule has 2 amide bonds. The Morgan fingerprint density at radius 1 is 0.969 bits per heavy atom. The average Bonchev–Trinajstić information content (AvgIpc) is 2.75. The number of hydrogen-bond donors (Lipinski definition) is 2. The monoisotopic (exact) mass is 465 g/mol. The zero-order valence-electron chi connectivity index (χ0n) is 17.3. The number of rotatable bonds is 5. The fraction of sp³-hybridized carbons (Fsp3) is 0.182. The van der Waals surface area contributed by atoms with Gasteiger partial charge in [0, 0.05) is 11.3 Å². The minimum Gasteiger partial charge on any atom is -0.493 e. The predicted octanol–water partition coefficient (Wildman–Crippen LogP) is 6.39. The van der Waals surface area contributed by atoms with Crippen molar-refractivity contribution in [1.29, 1.82) is 0 Å². The van der Waals surface area contributed by atoms with Crippen LogP contribution in [0.5, 0.6) is 11.5 Å². The summed E-state index contributed by atoms with van der Waals surface area (Å²) in [5.74, 6) is 1.13. The molecule has 0 aliphatic carbocycles. The van der Waals surface area contributed by atoms with E-state index in [1.54, 1.807) is 38.3 Å². The SMILES string of the molecule is COc1ccc(-c2ccc(NC(=O)Nc3ccc(Cl)c(C(F)(F)F)c3)c(C)n2)cc1OC. The van der Waals surface area contributed by atoms with Crippen molar-refractivity contribution in [2.75, 3.05) is 24.9 Å². The Kier molecular flexibility index (Phi) is 6.78. The Bertz CT molecular complexity index is 1150. The molecule has 0 spiro atoms. The number of urea groups is 1. The van der Waals surface area contributed by atoms with E-state index in [0.717, 1.165) is 17.7 Å². The van der Waals surface area contributed by atoms with Gasteiger partial charge in [0.15, 0.2) is 11.5 Å². The van der Waals surface area contributed by atoms with Gasteiger partial charge in [0.05, 0.1) is 41.9 Å². The summed E-state index contributed by atoms with van der Waals surface area (Å²) in [4.78, 5) is 16.8. The molecule has 168 valence electrons. The molecule has 2 N–H and O–H groups in total. The van der Waals surface area contributed by atoms with Crippen molar-refractivity contribution in [1.82, 2.24) is 4.98 Å². The minimum atomic E-state index is -4.63. The highest BCUT2D eigenvalue weighted by atomic mass is 35.5. The summed E-state index contributed by atoms with van der Waals surface area (Å²) >= 11 is 5.60. The molecular weight excluding hydrogens is 447 g/mol. The van der Waals surface area contributed by atoms with E-state index in [9.17, 15) is 18.0 Å². The van der Waals surface area contributed by atoms with E-state index < -0.39 is 22.8 Å². The zero-order valence-corrected chi connectivity index (χ0v) is 18.1. The number of amides is 2. The van der Waals surface area contributed by atoms with Crippen LogP contribution in [0.2, 0.25) is 5.02 Å². The van der Waals surface area contributed by atoms with Crippen LogP contribution in [0.4, 0.5) is 29.3 Å². The Morgan fingerprint density at radius 3 is 2.31 bits per heavy atom. The van der Waals surface area contributed by atoms with E-state index >= 15 is 0 Å². The van der Waals surface area contributed by atoms with Gasteiger partial charge in [-0.25, -0.2) is 4.79 Å². The normalized spacial score (nSPS) is 11.1. The van der Waals surface area contributed by atoms with E-state index in [1.807, 2.05) is 6.07 Å². The highest BCUT2D eigenvalue weighted by Crippen LogP contribution is 2.36. The molecule has 0 fully saturated rings. The molecular formula is C22H19ClF3N3O3. The number of aromatic nitrogens is 1. The third-order valence-corrected chi connectivity index (χ3v) is 4.87. The third kappa shape index (κ3) is 5.23. The standard InChI is InChI=1S/C22H19ClF3N3O3/c1-12-17(7-8-18(27-12)13-4-9-19(31-2)20(10-13)32-3)29-21(30)28-14-5-6-16(23)15(11-14)22(24,25)26/h4-11H,1-3H3,(H2,28,29,30). The number of anilines is 2. The second-order valence-corrected chi connectivity index (χ2v) is 7.08. The van der Waals surface area contributed by atoms with Crippen molar-refractivity contribution in [2.45, 2.75) is 13.1 Å². The van der Waals surface area contributed by atoms with E-state index in [2.05, 4.69) is 15.6 Å². The molecule has 0 aliphatic rings. The lowest BCUT2D eigenvalue weighted by Gasteiger charge is -2.14. The van der Waals surface area contributed by atoms with Gasteiger partial charge >= 0.3 is 12.2 Å². The largest absolute Gasteiger partial charge is 0.493 e. The lowest BCUT2D eigenvalue weighted by atomic mass is 10.1. The Balaban J connectivity index is 1.76. The lowest BCUT2D eigenvalue weighted by molar-refractivity contribution is -0.137. The predicted molar refractivity (Wildman–Crippen MR) is 117 cm³/mol. The zero-order chi connectivity index (χ0) is 23.5. The maximum atomic E-state index is 13.0. The first-order valence-electron chi connectivity index (χ1n) is 9.27. The number of hydrogen-bond acceptors (Lipinski definition) is 4. The van der Waals surface area contributed by atoms with E-state index in [0.29, 0.717) is 28.6 Å². The van der Waals surface area contributed by atoms with Crippen LogP contribution < -0.4 is 20.1 Å². The summed E-state index contributed by atoms with van der Waals surface area (Å²) in [6.45, 7) is 1.70. The van der Waals surface area contributed by atoms with Crippen LogP contribution in [0.1, 0.15) is 11.3 Å². The van der Waals surface area contributed by atoms with Crippen LogP contribution in [-0.4, -0.2) is 25.2 Å². The second-order valence-electron chi connectivity index (χ2n) is 6.67. The molecule has 0 atom stereocenters. The Hall–Kier alpha value is -3.46. The first-order valence-corrected chi connectivity index (χ1v) is 9.65. The van der Waals surface area contributed by atoms with Gasteiger partial charge in [-0.15, -0.1) is 0 Å². The first-order chi connectivity index (χ1) is 15.1. The van der Waals surface area contributed by atoms with Crippen molar-refractivity contribution < 1.29 is 27.4 Å². The Morgan fingerprint density at radius 2 is 1.69 bits per heavy atom. The number of pyridine rings is 1. The van der Waals surface area contributed by atoms with Crippen LogP contribution in [0.3, 0.4) is 0 Å². The molecule has 0 unspecified atom stereocenters. The first kappa shape index (κ1) is 23.2. The van der Waals surface area contributed by atoms with Crippen LogP contribution in [0, 0.1) is 6.92 Å². The molecule has 6 nitrogen and oxygen atoms in total. The molecule has 0 bridgehead atoms. The summed E-state index contributed by atoms with van der Waals surface area (Å²) in [5, 5.41) is 4.49. The molecule has 1 aromatic heterocycles. The third-order valence-electron chi connectivity index (χ3n) is 4.54. The number of carbonyl (C=O) groups excluding carboxylic acids is 1. The van der Waals surface area contributed by atoms with Gasteiger partial charge in [0.2, 0.25) is 0 Å². The van der Waals surface area contributed by atoms with Gasteiger partial charge in [0.25, 0.3) is 0 Å². The number of nitrogens with zero attached hydrogens (tertiary/aromatic N) is 1. The van der Waals surface area contributed by atoms with Crippen molar-refractivity contribution in [3.63, 3.8) is 0 Å². The van der Waals surface area contributed by atoms with Gasteiger partial charge in [-0.05, 0) is 55.5 Å².